The molecule has 24 heavy (non-hydrogen) atoms. The van der Waals surface area contributed by atoms with Gasteiger partial charge >= 0.3 is 0 Å². The molecule has 0 aliphatic carbocycles. The highest BCUT2D eigenvalue weighted by molar-refractivity contribution is 6.33. The Labute approximate surface area is 149 Å². The summed E-state index contributed by atoms with van der Waals surface area (Å²) < 4.78 is 0. The van der Waals surface area contributed by atoms with Crippen LogP contribution in [-0.2, 0) is 0 Å². The van der Waals surface area contributed by atoms with Crippen molar-refractivity contribution >= 4 is 40.7 Å². The van der Waals surface area contributed by atoms with Crippen molar-refractivity contribution in [2.24, 2.45) is 4.99 Å². The van der Waals surface area contributed by atoms with E-state index in [1.807, 2.05) is 63.6 Å². The number of anilines is 3. The van der Waals surface area contributed by atoms with E-state index in [9.17, 15) is 0 Å². The van der Waals surface area contributed by atoms with Crippen LogP contribution in [0.5, 0.6) is 0 Å². The molecule has 5 heteroatoms. The fraction of sp³-hybridized carbons (Fsp3) is 0.316. The van der Waals surface area contributed by atoms with E-state index in [0.717, 1.165) is 34.9 Å². The number of hydrogen-bond donors (Lipinski definition) is 1. The Morgan fingerprint density at radius 2 is 1.79 bits per heavy atom. The van der Waals surface area contributed by atoms with Gasteiger partial charge in [0.15, 0.2) is 0 Å². The minimum absolute atomic E-state index is 0.656. The van der Waals surface area contributed by atoms with Crippen LogP contribution in [-0.4, -0.2) is 38.9 Å². The first-order chi connectivity index (χ1) is 11.4. The number of hydrogen-bond acceptors (Lipinski definition) is 3. The lowest BCUT2D eigenvalue weighted by Gasteiger charge is -2.15. The van der Waals surface area contributed by atoms with Gasteiger partial charge in [-0.1, -0.05) is 11.6 Å². The molecule has 0 saturated heterocycles. The lowest BCUT2D eigenvalue weighted by molar-refractivity contribution is 0.552. The van der Waals surface area contributed by atoms with E-state index >= 15 is 0 Å². The lowest BCUT2D eigenvalue weighted by atomic mass is 10.1. The van der Waals surface area contributed by atoms with Crippen molar-refractivity contribution in [3.8, 4) is 0 Å². The van der Waals surface area contributed by atoms with Crippen molar-refractivity contribution in [3.63, 3.8) is 0 Å². The molecule has 2 aromatic rings. The molecular formula is C19H25ClN4. The molecule has 0 amide bonds. The number of rotatable bonds is 6. The van der Waals surface area contributed by atoms with Crippen LogP contribution in [0.4, 0.5) is 22.7 Å². The van der Waals surface area contributed by atoms with Gasteiger partial charge < -0.3 is 15.1 Å². The molecule has 2 aromatic carbocycles. The molecule has 128 valence electrons. The maximum atomic E-state index is 6.42. The molecule has 2 rings (SSSR count). The van der Waals surface area contributed by atoms with Gasteiger partial charge in [-0.2, -0.15) is 0 Å². The molecule has 0 atom stereocenters. The van der Waals surface area contributed by atoms with Gasteiger partial charge in [-0.3, -0.25) is 0 Å². The predicted octanol–water partition coefficient (Wildman–Crippen LogP) is 5.07. The first kappa shape index (κ1) is 18.1. The molecule has 0 heterocycles. The maximum Gasteiger partial charge on any atom is 0.0909 e. The van der Waals surface area contributed by atoms with Gasteiger partial charge in [0.25, 0.3) is 0 Å². The molecule has 0 radical (unpaired) electrons. The molecule has 0 aliphatic rings. The van der Waals surface area contributed by atoms with Crippen LogP contribution < -0.4 is 10.2 Å². The van der Waals surface area contributed by atoms with Crippen molar-refractivity contribution in [1.29, 1.82) is 0 Å². The quantitative estimate of drug-likeness (QED) is 0.586. The van der Waals surface area contributed by atoms with Crippen molar-refractivity contribution in [3.05, 3.63) is 47.0 Å². The topological polar surface area (TPSA) is 30.9 Å². The Kier molecular flexibility index (Phi) is 6.10. The van der Waals surface area contributed by atoms with Crippen molar-refractivity contribution in [2.75, 3.05) is 37.9 Å². The fourth-order valence-corrected chi connectivity index (χ4v) is 2.35. The molecule has 0 saturated carbocycles. The molecule has 0 fully saturated rings. The average Bonchev–Trinajstić information content (AvgIpc) is 2.56. The Bertz CT molecular complexity index is 708. The number of halogens is 1. The van der Waals surface area contributed by atoms with Gasteiger partial charge in [0, 0.05) is 39.1 Å². The van der Waals surface area contributed by atoms with Crippen molar-refractivity contribution in [2.45, 2.75) is 13.8 Å². The zero-order chi connectivity index (χ0) is 17.7. The number of aliphatic imine (C=N–C) groups is 1. The molecule has 0 unspecified atom stereocenters. The van der Waals surface area contributed by atoms with Crippen LogP contribution in [0.2, 0.25) is 5.02 Å². The summed E-state index contributed by atoms with van der Waals surface area (Å²) >= 11 is 6.42. The van der Waals surface area contributed by atoms with E-state index in [0.29, 0.717) is 5.02 Å². The van der Waals surface area contributed by atoms with E-state index in [1.54, 1.807) is 0 Å². The third-order valence-electron chi connectivity index (χ3n) is 3.84. The fourth-order valence-electron chi connectivity index (χ4n) is 2.15. The summed E-state index contributed by atoms with van der Waals surface area (Å²) in [6.07, 6.45) is 1.83. The SMILES string of the molecule is CCN(C)C=Nc1cc(Cl)c(Nc2ccc(N(C)C)cc2)cc1C. The van der Waals surface area contributed by atoms with Crippen LogP contribution in [0.25, 0.3) is 0 Å². The smallest absolute Gasteiger partial charge is 0.0909 e. The van der Waals surface area contributed by atoms with Gasteiger partial charge in [-0.05, 0) is 55.8 Å². The van der Waals surface area contributed by atoms with Crippen LogP contribution in [0.15, 0.2) is 41.4 Å². The highest BCUT2D eigenvalue weighted by atomic mass is 35.5. The van der Waals surface area contributed by atoms with E-state index in [1.165, 1.54) is 0 Å². The molecule has 0 aliphatic heterocycles. The van der Waals surface area contributed by atoms with E-state index < -0.39 is 0 Å². The second kappa shape index (κ2) is 8.06. The molecule has 0 bridgehead atoms. The highest BCUT2D eigenvalue weighted by Gasteiger charge is 2.06. The van der Waals surface area contributed by atoms with Gasteiger partial charge in [-0.25, -0.2) is 4.99 Å². The summed E-state index contributed by atoms with van der Waals surface area (Å²) in [5, 5.41) is 4.03. The first-order valence-electron chi connectivity index (χ1n) is 7.99. The Balaban J connectivity index is 2.19. The van der Waals surface area contributed by atoms with Gasteiger partial charge in [0.05, 0.1) is 22.7 Å². The van der Waals surface area contributed by atoms with Crippen LogP contribution in [0.3, 0.4) is 0 Å². The molecule has 1 N–H and O–H groups in total. The van der Waals surface area contributed by atoms with E-state index in [4.69, 9.17) is 11.6 Å². The number of aryl methyl sites for hydroxylation is 1. The Morgan fingerprint density at radius 3 is 2.38 bits per heavy atom. The molecule has 0 spiro atoms. The normalized spacial score (nSPS) is 10.9. The first-order valence-corrected chi connectivity index (χ1v) is 8.37. The summed E-state index contributed by atoms with van der Waals surface area (Å²) in [7, 11) is 6.05. The summed E-state index contributed by atoms with van der Waals surface area (Å²) in [5.74, 6) is 0. The summed E-state index contributed by atoms with van der Waals surface area (Å²) in [6.45, 7) is 5.04. The minimum atomic E-state index is 0.656. The molecule has 0 aromatic heterocycles. The van der Waals surface area contributed by atoms with E-state index in [-0.39, 0.29) is 0 Å². The zero-order valence-electron chi connectivity index (χ0n) is 15.0. The average molecular weight is 345 g/mol. The minimum Gasteiger partial charge on any atom is -0.378 e. The largest absolute Gasteiger partial charge is 0.378 e. The van der Waals surface area contributed by atoms with Crippen LogP contribution in [0.1, 0.15) is 12.5 Å². The van der Waals surface area contributed by atoms with Crippen molar-refractivity contribution < 1.29 is 0 Å². The summed E-state index contributed by atoms with van der Waals surface area (Å²) in [5.41, 5.74) is 5.01. The van der Waals surface area contributed by atoms with Gasteiger partial charge in [-0.15, -0.1) is 0 Å². The third-order valence-corrected chi connectivity index (χ3v) is 4.15. The van der Waals surface area contributed by atoms with Crippen molar-refractivity contribution in [1.82, 2.24) is 4.90 Å². The maximum absolute atomic E-state index is 6.42. The summed E-state index contributed by atoms with van der Waals surface area (Å²) in [6, 6.07) is 12.2. The Hall–Kier alpha value is -2.20. The number of benzene rings is 2. The Morgan fingerprint density at radius 1 is 1.12 bits per heavy atom. The molecule has 4 nitrogen and oxygen atoms in total. The van der Waals surface area contributed by atoms with E-state index in [2.05, 4.69) is 34.3 Å². The predicted molar refractivity (Wildman–Crippen MR) is 107 cm³/mol. The summed E-state index contributed by atoms with van der Waals surface area (Å²) in [4.78, 5) is 8.59. The van der Waals surface area contributed by atoms with Gasteiger partial charge in [0.1, 0.15) is 0 Å². The third kappa shape index (κ3) is 4.65. The lowest BCUT2D eigenvalue weighted by Crippen LogP contribution is -2.14. The second-order valence-corrected chi connectivity index (χ2v) is 6.41. The second-order valence-electron chi connectivity index (χ2n) is 6.00. The standard InChI is InChI=1S/C19H25ClN4/c1-6-24(5)13-21-18-12-17(20)19(11-14(18)2)22-15-7-9-16(10-8-15)23(3)4/h7-13,22H,6H2,1-5H3. The number of nitrogens with one attached hydrogen (secondary N) is 1. The highest BCUT2D eigenvalue weighted by Crippen LogP contribution is 2.32. The number of nitrogens with zero attached hydrogens (tertiary/aromatic N) is 3. The van der Waals surface area contributed by atoms with Gasteiger partial charge in [0.2, 0.25) is 0 Å². The van der Waals surface area contributed by atoms with Crippen LogP contribution >= 0.6 is 11.6 Å². The molecular weight excluding hydrogens is 320 g/mol. The van der Waals surface area contributed by atoms with Crippen LogP contribution in [0, 0.1) is 6.92 Å². The zero-order valence-corrected chi connectivity index (χ0v) is 15.7. The monoisotopic (exact) mass is 344 g/mol.